The van der Waals surface area contributed by atoms with Gasteiger partial charge in [0.25, 0.3) is 0 Å². The van der Waals surface area contributed by atoms with Gasteiger partial charge in [0.1, 0.15) is 0 Å². The van der Waals surface area contributed by atoms with E-state index in [0.29, 0.717) is 12.2 Å². The SMILES string of the molecule is CN(N)/C1=C(\N)c2ccccc2N(N)Cc2ccccc21. The van der Waals surface area contributed by atoms with Gasteiger partial charge in [0.05, 0.1) is 23.6 Å². The van der Waals surface area contributed by atoms with Crippen LogP contribution in [0.3, 0.4) is 0 Å². The number of nitrogens with two attached hydrogens (primary N) is 3. The van der Waals surface area contributed by atoms with Crippen molar-refractivity contribution in [1.82, 2.24) is 5.01 Å². The zero-order valence-corrected chi connectivity index (χ0v) is 12.0. The zero-order valence-electron chi connectivity index (χ0n) is 12.0. The van der Waals surface area contributed by atoms with E-state index < -0.39 is 0 Å². The average Bonchev–Trinajstić information content (AvgIpc) is 2.47. The molecule has 0 atom stereocenters. The molecule has 5 heteroatoms. The van der Waals surface area contributed by atoms with E-state index in [9.17, 15) is 0 Å². The predicted octanol–water partition coefficient (Wildman–Crippen LogP) is 1.47. The first kappa shape index (κ1) is 13.5. The molecular weight excluding hydrogens is 262 g/mol. The van der Waals surface area contributed by atoms with Crippen LogP contribution in [0.4, 0.5) is 5.69 Å². The highest BCUT2D eigenvalue weighted by atomic mass is 15.4. The van der Waals surface area contributed by atoms with Crippen molar-refractivity contribution in [3.8, 4) is 0 Å². The third-order valence-electron chi connectivity index (χ3n) is 3.72. The van der Waals surface area contributed by atoms with E-state index >= 15 is 0 Å². The van der Waals surface area contributed by atoms with E-state index in [-0.39, 0.29) is 0 Å². The second-order valence-electron chi connectivity index (χ2n) is 5.18. The van der Waals surface area contributed by atoms with Gasteiger partial charge >= 0.3 is 0 Å². The van der Waals surface area contributed by atoms with Gasteiger partial charge in [-0.2, -0.15) is 0 Å². The van der Waals surface area contributed by atoms with Crippen LogP contribution in [-0.2, 0) is 6.54 Å². The number of hydrazine groups is 2. The molecule has 108 valence electrons. The highest BCUT2D eigenvalue weighted by Gasteiger charge is 2.22. The molecule has 5 nitrogen and oxygen atoms in total. The molecule has 1 aliphatic rings. The summed E-state index contributed by atoms with van der Waals surface area (Å²) in [5.41, 5.74) is 11.7. The van der Waals surface area contributed by atoms with Crippen molar-refractivity contribution in [2.24, 2.45) is 17.4 Å². The molecule has 2 aromatic carbocycles. The van der Waals surface area contributed by atoms with Gasteiger partial charge in [-0.15, -0.1) is 0 Å². The summed E-state index contributed by atoms with van der Waals surface area (Å²) in [5.74, 6) is 12.3. The Balaban J connectivity index is 2.35. The Labute approximate surface area is 124 Å². The van der Waals surface area contributed by atoms with Crippen LogP contribution in [0.2, 0.25) is 0 Å². The third-order valence-corrected chi connectivity index (χ3v) is 3.72. The monoisotopic (exact) mass is 281 g/mol. The lowest BCUT2D eigenvalue weighted by Crippen LogP contribution is -2.35. The summed E-state index contributed by atoms with van der Waals surface area (Å²) in [6.07, 6.45) is 0. The van der Waals surface area contributed by atoms with Crippen LogP contribution >= 0.6 is 0 Å². The van der Waals surface area contributed by atoms with Crippen LogP contribution < -0.4 is 22.4 Å². The van der Waals surface area contributed by atoms with Crippen molar-refractivity contribution in [3.05, 3.63) is 65.2 Å². The molecule has 3 rings (SSSR count). The Morgan fingerprint density at radius 3 is 2.33 bits per heavy atom. The molecule has 0 bridgehead atoms. The summed E-state index contributed by atoms with van der Waals surface area (Å²) in [6.45, 7) is 0.595. The van der Waals surface area contributed by atoms with Gasteiger partial charge in [0, 0.05) is 18.2 Å². The number of rotatable bonds is 1. The van der Waals surface area contributed by atoms with Gasteiger partial charge in [0.2, 0.25) is 0 Å². The fraction of sp³-hybridized carbons (Fsp3) is 0.125. The first-order valence-electron chi connectivity index (χ1n) is 6.77. The van der Waals surface area contributed by atoms with Crippen molar-refractivity contribution in [1.29, 1.82) is 0 Å². The minimum absolute atomic E-state index is 0.595. The maximum atomic E-state index is 6.41. The average molecular weight is 281 g/mol. The molecule has 21 heavy (non-hydrogen) atoms. The standard InChI is InChI=1S/C16H19N5/c1-20(18)16-12-7-3-2-6-11(12)10-21(19)14-9-5-4-8-13(14)15(16)17/h2-9H,10,17-19H2,1H3/b16-15-. The highest BCUT2D eigenvalue weighted by Crippen LogP contribution is 2.34. The minimum atomic E-state index is 0.595. The van der Waals surface area contributed by atoms with Crippen molar-refractivity contribution < 1.29 is 0 Å². The van der Waals surface area contributed by atoms with E-state index in [0.717, 1.165) is 28.1 Å². The first-order chi connectivity index (χ1) is 10.1. The van der Waals surface area contributed by atoms with Crippen LogP contribution in [0.1, 0.15) is 16.7 Å². The summed E-state index contributed by atoms with van der Waals surface area (Å²) < 4.78 is 0. The van der Waals surface area contributed by atoms with E-state index in [1.807, 2.05) is 48.5 Å². The number of para-hydroxylation sites is 1. The summed E-state index contributed by atoms with van der Waals surface area (Å²) in [4.78, 5) is 0. The van der Waals surface area contributed by atoms with Crippen LogP contribution in [0.5, 0.6) is 0 Å². The molecule has 0 saturated heterocycles. The molecule has 0 aromatic heterocycles. The van der Waals surface area contributed by atoms with Crippen LogP contribution in [-0.4, -0.2) is 12.1 Å². The number of fused-ring (bicyclic) bond motifs is 2. The Morgan fingerprint density at radius 1 is 1.00 bits per heavy atom. The third kappa shape index (κ3) is 2.22. The number of hydrogen-bond donors (Lipinski definition) is 3. The highest BCUT2D eigenvalue weighted by molar-refractivity contribution is 5.93. The largest absolute Gasteiger partial charge is 0.396 e. The molecule has 0 unspecified atom stereocenters. The quantitative estimate of drug-likeness (QED) is 0.544. The molecule has 0 radical (unpaired) electrons. The lowest BCUT2D eigenvalue weighted by molar-refractivity contribution is 0.510. The number of nitrogens with zero attached hydrogens (tertiary/aromatic N) is 2. The first-order valence-corrected chi connectivity index (χ1v) is 6.77. The van der Waals surface area contributed by atoms with Gasteiger partial charge in [-0.05, 0) is 11.6 Å². The van der Waals surface area contributed by atoms with Crippen LogP contribution in [0, 0.1) is 0 Å². The van der Waals surface area contributed by atoms with Crippen molar-refractivity contribution in [3.63, 3.8) is 0 Å². The van der Waals surface area contributed by atoms with Crippen molar-refractivity contribution in [2.75, 3.05) is 12.1 Å². The fourth-order valence-electron chi connectivity index (χ4n) is 2.76. The van der Waals surface area contributed by atoms with Crippen LogP contribution in [0.15, 0.2) is 48.5 Å². The molecule has 0 saturated carbocycles. The number of hydrogen-bond acceptors (Lipinski definition) is 5. The van der Waals surface area contributed by atoms with Gasteiger partial charge in [-0.25, -0.2) is 11.7 Å². The zero-order chi connectivity index (χ0) is 15.0. The van der Waals surface area contributed by atoms with Gasteiger partial charge in [0.15, 0.2) is 0 Å². The second kappa shape index (κ2) is 5.12. The molecule has 0 aliphatic carbocycles. The summed E-state index contributed by atoms with van der Waals surface area (Å²) in [5, 5.41) is 3.28. The number of benzene rings is 2. The molecule has 1 heterocycles. The van der Waals surface area contributed by atoms with E-state index in [1.165, 1.54) is 0 Å². The van der Waals surface area contributed by atoms with E-state index in [4.69, 9.17) is 17.4 Å². The smallest absolute Gasteiger partial charge is 0.0826 e. The van der Waals surface area contributed by atoms with Crippen molar-refractivity contribution in [2.45, 2.75) is 6.54 Å². The summed E-state index contributed by atoms with van der Waals surface area (Å²) in [7, 11) is 1.80. The lowest BCUT2D eigenvalue weighted by Gasteiger charge is -2.30. The Morgan fingerprint density at radius 2 is 1.62 bits per heavy atom. The van der Waals surface area contributed by atoms with Gasteiger partial charge in [-0.3, -0.25) is 0 Å². The molecule has 1 aliphatic heterocycles. The second-order valence-corrected chi connectivity index (χ2v) is 5.18. The normalized spacial score (nSPS) is 17.6. The Hall–Kier alpha value is -2.50. The van der Waals surface area contributed by atoms with Gasteiger partial charge in [-0.1, -0.05) is 42.5 Å². The molecule has 0 fully saturated rings. The topological polar surface area (TPSA) is 84.5 Å². The number of anilines is 1. The molecule has 0 spiro atoms. The maximum Gasteiger partial charge on any atom is 0.0826 e. The maximum absolute atomic E-state index is 6.41. The van der Waals surface area contributed by atoms with E-state index in [2.05, 4.69) is 0 Å². The predicted molar refractivity (Wildman–Crippen MR) is 86.2 cm³/mol. The summed E-state index contributed by atoms with van der Waals surface area (Å²) in [6, 6.07) is 15.8. The lowest BCUT2D eigenvalue weighted by atomic mass is 9.97. The molecule has 0 amide bonds. The Kier molecular flexibility index (Phi) is 3.29. The van der Waals surface area contributed by atoms with Crippen LogP contribution in [0.25, 0.3) is 11.4 Å². The molecular formula is C16H19N5. The van der Waals surface area contributed by atoms with Crippen molar-refractivity contribution >= 4 is 17.1 Å². The van der Waals surface area contributed by atoms with E-state index in [1.54, 1.807) is 17.1 Å². The summed E-state index contributed by atoms with van der Waals surface area (Å²) >= 11 is 0. The molecule has 2 aromatic rings. The minimum Gasteiger partial charge on any atom is -0.396 e. The molecule has 6 N–H and O–H groups in total. The van der Waals surface area contributed by atoms with Gasteiger partial charge < -0.3 is 15.8 Å². The Bertz CT molecular complexity index is 705. The fourth-order valence-corrected chi connectivity index (χ4v) is 2.76.